The van der Waals surface area contributed by atoms with Crippen LogP contribution in [0.4, 0.5) is 0 Å². The van der Waals surface area contributed by atoms with E-state index >= 15 is 0 Å². The molecule has 3 heteroatoms. The minimum absolute atomic E-state index is 0.326. The zero-order valence-corrected chi connectivity index (χ0v) is 10.3. The molecule has 0 spiro atoms. The van der Waals surface area contributed by atoms with Crippen LogP contribution in [-0.4, -0.2) is 9.55 Å². The van der Waals surface area contributed by atoms with Gasteiger partial charge in [0.25, 0.3) is 0 Å². The highest BCUT2D eigenvalue weighted by Gasteiger charge is 2.15. The summed E-state index contributed by atoms with van der Waals surface area (Å²) in [7, 11) is 0. The third kappa shape index (κ3) is 2.83. The zero-order chi connectivity index (χ0) is 10.1. The van der Waals surface area contributed by atoms with Crippen molar-refractivity contribution < 1.29 is 0 Å². The SMILES string of the molecule is CCn1c(CC(C)(C)C)cnc1Br. The van der Waals surface area contributed by atoms with Gasteiger partial charge in [0.15, 0.2) is 4.73 Å². The Balaban J connectivity index is 2.89. The Kier molecular flexibility index (Phi) is 3.17. The van der Waals surface area contributed by atoms with Crippen molar-refractivity contribution in [2.45, 2.75) is 40.7 Å². The summed E-state index contributed by atoms with van der Waals surface area (Å²) in [5.74, 6) is 0. The van der Waals surface area contributed by atoms with Crippen molar-refractivity contribution in [3.05, 3.63) is 16.6 Å². The summed E-state index contributed by atoms with van der Waals surface area (Å²) >= 11 is 3.44. The highest BCUT2D eigenvalue weighted by Crippen LogP contribution is 2.22. The van der Waals surface area contributed by atoms with Gasteiger partial charge < -0.3 is 4.57 Å². The number of hydrogen-bond donors (Lipinski definition) is 0. The lowest BCUT2D eigenvalue weighted by Gasteiger charge is -2.18. The highest BCUT2D eigenvalue weighted by molar-refractivity contribution is 9.10. The van der Waals surface area contributed by atoms with Gasteiger partial charge in [-0.3, -0.25) is 0 Å². The summed E-state index contributed by atoms with van der Waals surface area (Å²) in [6.07, 6.45) is 3.03. The van der Waals surface area contributed by atoms with Crippen LogP contribution in [-0.2, 0) is 13.0 Å². The Labute approximate surface area is 88.5 Å². The summed E-state index contributed by atoms with van der Waals surface area (Å²) in [4.78, 5) is 4.25. The fraction of sp³-hybridized carbons (Fsp3) is 0.700. The van der Waals surface area contributed by atoms with Crippen LogP contribution in [0.25, 0.3) is 0 Å². The molecule has 1 aromatic rings. The quantitative estimate of drug-likeness (QED) is 0.782. The highest BCUT2D eigenvalue weighted by atomic mass is 79.9. The average molecular weight is 245 g/mol. The fourth-order valence-corrected chi connectivity index (χ4v) is 1.98. The molecule has 0 aliphatic rings. The first kappa shape index (κ1) is 10.8. The minimum Gasteiger partial charge on any atom is -0.323 e. The minimum atomic E-state index is 0.326. The lowest BCUT2D eigenvalue weighted by atomic mass is 9.91. The van der Waals surface area contributed by atoms with Crippen molar-refractivity contribution in [3.8, 4) is 0 Å². The molecule has 2 nitrogen and oxygen atoms in total. The Bertz CT molecular complexity index is 284. The molecule has 1 aromatic heterocycles. The van der Waals surface area contributed by atoms with Gasteiger partial charge in [-0.25, -0.2) is 4.98 Å². The van der Waals surface area contributed by atoms with Crippen LogP contribution in [0.1, 0.15) is 33.4 Å². The van der Waals surface area contributed by atoms with Crippen molar-refractivity contribution in [2.24, 2.45) is 5.41 Å². The van der Waals surface area contributed by atoms with E-state index in [1.54, 1.807) is 0 Å². The van der Waals surface area contributed by atoms with E-state index in [4.69, 9.17) is 0 Å². The molecule has 0 atom stereocenters. The van der Waals surface area contributed by atoms with Crippen LogP contribution in [0, 0.1) is 5.41 Å². The van der Waals surface area contributed by atoms with Crippen molar-refractivity contribution in [1.82, 2.24) is 9.55 Å². The Morgan fingerprint density at radius 1 is 1.46 bits per heavy atom. The van der Waals surface area contributed by atoms with Gasteiger partial charge in [0.1, 0.15) is 0 Å². The largest absolute Gasteiger partial charge is 0.323 e. The summed E-state index contributed by atoms with van der Waals surface area (Å²) in [6.45, 7) is 9.85. The van der Waals surface area contributed by atoms with Gasteiger partial charge in [-0.05, 0) is 34.7 Å². The summed E-state index contributed by atoms with van der Waals surface area (Å²) in [6, 6.07) is 0. The molecule has 0 aromatic carbocycles. The molecule has 0 aliphatic heterocycles. The predicted molar refractivity (Wildman–Crippen MR) is 58.8 cm³/mol. The van der Waals surface area contributed by atoms with Gasteiger partial charge in [0.2, 0.25) is 0 Å². The molecular formula is C10H17BrN2. The van der Waals surface area contributed by atoms with E-state index in [-0.39, 0.29) is 0 Å². The Hall–Kier alpha value is -0.310. The number of aromatic nitrogens is 2. The topological polar surface area (TPSA) is 17.8 Å². The van der Waals surface area contributed by atoms with Crippen molar-refractivity contribution in [2.75, 3.05) is 0 Å². The van der Waals surface area contributed by atoms with E-state index in [0.29, 0.717) is 5.41 Å². The first-order chi connectivity index (χ1) is 5.94. The molecule has 0 saturated carbocycles. The van der Waals surface area contributed by atoms with Gasteiger partial charge in [-0.15, -0.1) is 0 Å². The number of rotatable bonds is 2. The Morgan fingerprint density at radius 2 is 2.08 bits per heavy atom. The maximum absolute atomic E-state index is 4.25. The standard InChI is InChI=1S/C10H17BrN2/c1-5-13-8(6-10(2,3)4)7-12-9(13)11/h7H,5-6H2,1-4H3. The monoisotopic (exact) mass is 244 g/mol. The number of nitrogens with zero attached hydrogens (tertiary/aromatic N) is 2. The van der Waals surface area contributed by atoms with E-state index in [9.17, 15) is 0 Å². The second-order valence-electron chi connectivity index (χ2n) is 4.50. The molecule has 0 amide bonds. The fourth-order valence-electron chi connectivity index (χ4n) is 1.40. The van der Waals surface area contributed by atoms with Gasteiger partial charge >= 0.3 is 0 Å². The first-order valence-electron chi connectivity index (χ1n) is 4.64. The Morgan fingerprint density at radius 3 is 2.54 bits per heavy atom. The predicted octanol–water partition coefficient (Wildman–Crippen LogP) is 3.25. The van der Waals surface area contributed by atoms with Crippen molar-refractivity contribution in [3.63, 3.8) is 0 Å². The summed E-state index contributed by atoms with van der Waals surface area (Å²) < 4.78 is 3.14. The smallest absolute Gasteiger partial charge is 0.177 e. The molecule has 74 valence electrons. The zero-order valence-electron chi connectivity index (χ0n) is 8.76. The van der Waals surface area contributed by atoms with Gasteiger partial charge in [0.05, 0.1) is 0 Å². The molecule has 0 saturated heterocycles. The van der Waals surface area contributed by atoms with Crippen LogP contribution < -0.4 is 0 Å². The van der Waals surface area contributed by atoms with Gasteiger partial charge in [-0.2, -0.15) is 0 Å². The summed E-state index contributed by atoms with van der Waals surface area (Å²) in [5.41, 5.74) is 1.63. The number of hydrogen-bond acceptors (Lipinski definition) is 1. The van der Waals surface area contributed by atoms with Crippen molar-refractivity contribution in [1.29, 1.82) is 0 Å². The summed E-state index contributed by atoms with van der Waals surface area (Å²) in [5, 5.41) is 0. The molecule has 13 heavy (non-hydrogen) atoms. The molecule has 0 aliphatic carbocycles. The lowest BCUT2D eigenvalue weighted by Crippen LogP contribution is -2.13. The van der Waals surface area contributed by atoms with Crippen LogP contribution in [0.5, 0.6) is 0 Å². The second kappa shape index (κ2) is 3.82. The first-order valence-corrected chi connectivity index (χ1v) is 5.43. The normalized spacial score (nSPS) is 12.1. The number of halogens is 1. The van der Waals surface area contributed by atoms with Crippen LogP contribution >= 0.6 is 15.9 Å². The molecule has 1 heterocycles. The molecule has 0 bridgehead atoms. The molecule has 0 fully saturated rings. The van der Waals surface area contributed by atoms with E-state index < -0.39 is 0 Å². The van der Waals surface area contributed by atoms with Gasteiger partial charge in [0, 0.05) is 18.4 Å². The molecule has 1 rings (SSSR count). The van der Waals surface area contributed by atoms with E-state index in [1.807, 2.05) is 6.20 Å². The van der Waals surface area contributed by atoms with E-state index in [2.05, 4.69) is 53.2 Å². The lowest BCUT2D eigenvalue weighted by molar-refractivity contribution is 0.398. The van der Waals surface area contributed by atoms with Crippen LogP contribution in [0.3, 0.4) is 0 Å². The van der Waals surface area contributed by atoms with E-state index in [1.165, 1.54) is 5.69 Å². The van der Waals surface area contributed by atoms with E-state index in [0.717, 1.165) is 17.7 Å². The maximum Gasteiger partial charge on any atom is 0.177 e. The second-order valence-corrected chi connectivity index (χ2v) is 5.21. The third-order valence-corrected chi connectivity index (χ3v) is 2.55. The van der Waals surface area contributed by atoms with Crippen LogP contribution in [0.2, 0.25) is 0 Å². The third-order valence-electron chi connectivity index (χ3n) is 1.92. The maximum atomic E-state index is 4.25. The molecule has 0 radical (unpaired) electrons. The molecular weight excluding hydrogens is 228 g/mol. The van der Waals surface area contributed by atoms with Gasteiger partial charge in [-0.1, -0.05) is 20.8 Å². The van der Waals surface area contributed by atoms with Crippen molar-refractivity contribution >= 4 is 15.9 Å². The average Bonchev–Trinajstić information content (AvgIpc) is 2.28. The molecule has 0 N–H and O–H groups in total. The van der Waals surface area contributed by atoms with Crippen LogP contribution in [0.15, 0.2) is 10.9 Å². The molecule has 0 unspecified atom stereocenters. The number of imidazole rings is 1.